The Balaban J connectivity index is 1.48. The second kappa shape index (κ2) is 11.8. The van der Waals surface area contributed by atoms with Crippen molar-refractivity contribution in [2.45, 2.75) is 0 Å². The van der Waals surface area contributed by atoms with Crippen molar-refractivity contribution in [1.29, 1.82) is 0 Å². The predicted octanol–water partition coefficient (Wildman–Crippen LogP) is 1.59. The maximum atomic E-state index is 12.5. The molecule has 9 heteroatoms. The summed E-state index contributed by atoms with van der Waals surface area (Å²) in [5.41, 5.74) is 2.31. The van der Waals surface area contributed by atoms with E-state index in [2.05, 4.69) is 16.0 Å². The first-order valence-corrected chi connectivity index (χ1v) is 10.4. The van der Waals surface area contributed by atoms with E-state index in [0.29, 0.717) is 56.3 Å². The molecule has 0 radical (unpaired) electrons. The van der Waals surface area contributed by atoms with E-state index in [9.17, 15) is 14.4 Å². The monoisotopic (exact) mass is 440 g/mol. The molecule has 3 N–H and O–H groups in total. The number of hydrogen-bond acceptors (Lipinski definition) is 6. The molecule has 32 heavy (non-hydrogen) atoms. The molecule has 0 aromatic heterocycles. The molecule has 1 fully saturated rings. The molecule has 2 aromatic carbocycles. The van der Waals surface area contributed by atoms with Gasteiger partial charge in [-0.25, -0.2) is 0 Å². The topological polar surface area (TPSA) is 109 Å². The largest absolute Gasteiger partial charge is 0.383 e. The molecule has 0 atom stereocenters. The molecule has 2 aromatic rings. The Morgan fingerprint density at radius 3 is 2.47 bits per heavy atom. The van der Waals surface area contributed by atoms with Gasteiger partial charge in [0.05, 0.1) is 26.4 Å². The number of benzene rings is 2. The molecule has 0 spiro atoms. The Morgan fingerprint density at radius 1 is 1.00 bits per heavy atom. The Labute approximate surface area is 187 Å². The maximum Gasteiger partial charge on any atom is 0.254 e. The number of hydrogen-bond donors (Lipinski definition) is 3. The number of amides is 3. The number of anilines is 2. The van der Waals surface area contributed by atoms with Crippen LogP contribution in [0.3, 0.4) is 0 Å². The molecule has 1 aliphatic rings. The third-order valence-electron chi connectivity index (χ3n) is 4.88. The molecule has 0 saturated carbocycles. The van der Waals surface area contributed by atoms with Gasteiger partial charge < -0.3 is 30.3 Å². The van der Waals surface area contributed by atoms with Crippen molar-refractivity contribution >= 4 is 29.1 Å². The van der Waals surface area contributed by atoms with Gasteiger partial charge >= 0.3 is 0 Å². The number of rotatable bonds is 9. The van der Waals surface area contributed by atoms with Crippen molar-refractivity contribution in [2.75, 3.05) is 63.7 Å². The van der Waals surface area contributed by atoms with E-state index in [4.69, 9.17) is 9.47 Å². The molecular formula is C23H28N4O5. The summed E-state index contributed by atoms with van der Waals surface area (Å²) in [6.07, 6.45) is 0. The lowest BCUT2D eigenvalue weighted by Crippen LogP contribution is -2.40. The fraction of sp³-hybridized carbons (Fsp3) is 0.348. The molecule has 3 amide bonds. The Bertz CT molecular complexity index is 926. The van der Waals surface area contributed by atoms with Gasteiger partial charge in [-0.3, -0.25) is 14.4 Å². The van der Waals surface area contributed by atoms with Gasteiger partial charge in [-0.1, -0.05) is 6.07 Å². The smallest absolute Gasteiger partial charge is 0.254 e. The van der Waals surface area contributed by atoms with Gasteiger partial charge in [-0.15, -0.1) is 0 Å². The third-order valence-corrected chi connectivity index (χ3v) is 4.88. The van der Waals surface area contributed by atoms with E-state index in [-0.39, 0.29) is 24.3 Å². The lowest BCUT2D eigenvalue weighted by Gasteiger charge is -2.26. The lowest BCUT2D eigenvalue weighted by molar-refractivity contribution is -0.114. The van der Waals surface area contributed by atoms with Crippen molar-refractivity contribution in [3.05, 3.63) is 59.7 Å². The number of ether oxygens (including phenoxy) is 2. The third kappa shape index (κ3) is 6.79. The van der Waals surface area contributed by atoms with Crippen LogP contribution in [0.15, 0.2) is 48.5 Å². The van der Waals surface area contributed by atoms with Crippen molar-refractivity contribution in [2.24, 2.45) is 0 Å². The van der Waals surface area contributed by atoms with Gasteiger partial charge in [0.2, 0.25) is 5.91 Å². The van der Waals surface area contributed by atoms with Crippen LogP contribution in [0.5, 0.6) is 0 Å². The standard InChI is InChI=1S/C23H28N4O5/c1-31-12-9-24-22(29)18-3-2-4-20(15-18)26-21(28)16-25-19-7-5-17(6-8-19)23(30)27-10-13-32-14-11-27/h2-8,15,25H,9-14,16H2,1H3,(H,24,29)(H,26,28). The molecular weight excluding hydrogens is 412 g/mol. The van der Waals surface area contributed by atoms with E-state index >= 15 is 0 Å². The van der Waals surface area contributed by atoms with Gasteiger partial charge in [0.25, 0.3) is 11.8 Å². The zero-order valence-electron chi connectivity index (χ0n) is 18.1. The normalized spacial score (nSPS) is 13.3. The molecule has 0 bridgehead atoms. The van der Waals surface area contributed by atoms with Crippen LogP contribution in [0, 0.1) is 0 Å². The van der Waals surface area contributed by atoms with Crippen molar-refractivity contribution in [1.82, 2.24) is 10.2 Å². The zero-order chi connectivity index (χ0) is 22.8. The minimum absolute atomic E-state index is 0.0243. The first kappa shape index (κ1) is 23.2. The lowest BCUT2D eigenvalue weighted by atomic mass is 10.1. The number of carbonyl (C=O) groups is 3. The predicted molar refractivity (Wildman–Crippen MR) is 121 cm³/mol. The van der Waals surface area contributed by atoms with Crippen molar-refractivity contribution in [3.8, 4) is 0 Å². The van der Waals surface area contributed by atoms with E-state index in [1.54, 1.807) is 60.5 Å². The first-order chi connectivity index (χ1) is 15.6. The Morgan fingerprint density at radius 2 is 1.75 bits per heavy atom. The van der Waals surface area contributed by atoms with Gasteiger partial charge in [0.15, 0.2) is 0 Å². The highest BCUT2D eigenvalue weighted by molar-refractivity contribution is 5.98. The zero-order valence-corrected chi connectivity index (χ0v) is 18.1. The average molecular weight is 441 g/mol. The summed E-state index contributed by atoms with van der Waals surface area (Å²) < 4.78 is 10.2. The Hall–Kier alpha value is -3.43. The molecule has 9 nitrogen and oxygen atoms in total. The van der Waals surface area contributed by atoms with Crippen LogP contribution in [0.1, 0.15) is 20.7 Å². The minimum atomic E-state index is -0.254. The van der Waals surface area contributed by atoms with Crippen LogP contribution in [-0.4, -0.2) is 75.7 Å². The van der Waals surface area contributed by atoms with Crippen LogP contribution in [0.2, 0.25) is 0 Å². The molecule has 1 heterocycles. The number of carbonyl (C=O) groups excluding carboxylic acids is 3. The van der Waals surface area contributed by atoms with Crippen molar-refractivity contribution < 1.29 is 23.9 Å². The quantitative estimate of drug-likeness (QED) is 0.511. The van der Waals surface area contributed by atoms with Crippen LogP contribution in [0.4, 0.5) is 11.4 Å². The highest BCUT2D eigenvalue weighted by atomic mass is 16.5. The molecule has 3 rings (SSSR count). The van der Waals surface area contributed by atoms with E-state index in [1.165, 1.54) is 0 Å². The van der Waals surface area contributed by atoms with Gasteiger partial charge in [-0.2, -0.15) is 0 Å². The summed E-state index contributed by atoms with van der Waals surface area (Å²) in [7, 11) is 1.57. The van der Waals surface area contributed by atoms with Crippen LogP contribution < -0.4 is 16.0 Å². The SMILES string of the molecule is COCCNC(=O)c1cccc(NC(=O)CNc2ccc(C(=O)N3CCOCC3)cc2)c1. The summed E-state index contributed by atoms with van der Waals surface area (Å²) in [5, 5.41) is 8.54. The second-order valence-corrected chi connectivity index (χ2v) is 7.21. The summed E-state index contributed by atoms with van der Waals surface area (Å²) in [6.45, 7) is 3.18. The summed E-state index contributed by atoms with van der Waals surface area (Å²) in [6, 6.07) is 13.7. The molecule has 0 unspecified atom stereocenters. The van der Waals surface area contributed by atoms with E-state index in [0.717, 1.165) is 5.69 Å². The second-order valence-electron chi connectivity index (χ2n) is 7.21. The summed E-state index contributed by atoms with van der Waals surface area (Å²) >= 11 is 0. The molecule has 0 aliphatic carbocycles. The van der Waals surface area contributed by atoms with Crippen LogP contribution in [-0.2, 0) is 14.3 Å². The number of morpholine rings is 1. The number of nitrogens with zero attached hydrogens (tertiary/aromatic N) is 1. The fourth-order valence-electron chi connectivity index (χ4n) is 3.17. The van der Waals surface area contributed by atoms with E-state index in [1.807, 2.05) is 0 Å². The van der Waals surface area contributed by atoms with Gasteiger partial charge in [-0.05, 0) is 42.5 Å². The van der Waals surface area contributed by atoms with Crippen LogP contribution in [0.25, 0.3) is 0 Å². The van der Waals surface area contributed by atoms with E-state index < -0.39 is 0 Å². The molecule has 1 saturated heterocycles. The minimum Gasteiger partial charge on any atom is -0.383 e. The maximum absolute atomic E-state index is 12.5. The highest BCUT2D eigenvalue weighted by Gasteiger charge is 2.18. The van der Waals surface area contributed by atoms with Gasteiger partial charge in [0, 0.05) is 49.2 Å². The summed E-state index contributed by atoms with van der Waals surface area (Å²) in [4.78, 5) is 38.7. The Kier molecular flexibility index (Phi) is 8.59. The summed E-state index contributed by atoms with van der Waals surface area (Å²) in [5.74, 6) is -0.512. The average Bonchev–Trinajstić information content (AvgIpc) is 2.83. The number of nitrogens with one attached hydrogen (secondary N) is 3. The molecule has 170 valence electrons. The number of methoxy groups -OCH3 is 1. The fourth-order valence-corrected chi connectivity index (χ4v) is 3.17. The molecule has 1 aliphatic heterocycles. The van der Waals surface area contributed by atoms with Crippen LogP contribution >= 0.6 is 0 Å². The first-order valence-electron chi connectivity index (χ1n) is 10.4. The highest BCUT2D eigenvalue weighted by Crippen LogP contribution is 2.14. The van der Waals surface area contributed by atoms with Gasteiger partial charge in [0.1, 0.15) is 0 Å². The van der Waals surface area contributed by atoms with Crippen molar-refractivity contribution in [3.63, 3.8) is 0 Å².